The first-order valence-corrected chi connectivity index (χ1v) is 8.09. The lowest BCUT2D eigenvalue weighted by atomic mass is 9.87. The van der Waals surface area contributed by atoms with Gasteiger partial charge in [-0.1, -0.05) is 37.6 Å². The molecule has 1 heterocycles. The molecule has 0 bridgehead atoms. The largest absolute Gasteiger partial charge is 0.307 e. The van der Waals surface area contributed by atoms with Crippen LogP contribution in [-0.4, -0.2) is 17.5 Å². The Bertz CT molecular complexity index is 405. The second kappa shape index (κ2) is 5.85. The number of halogens is 1. The summed E-state index contributed by atoms with van der Waals surface area (Å²) in [6, 6.07) is 9.12. The van der Waals surface area contributed by atoms with E-state index in [1.54, 1.807) is 0 Å². The second-order valence-corrected chi connectivity index (χ2v) is 7.49. The maximum absolute atomic E-state index is 6.05. The van der Waals surface area contributed by atoms with E-state index < -0.39 is 0 Å². The van der Waals surface area contributed by atoms with Gasteiger partial charge in [0.15, 0.2) is 0 Å². The normalized spacial score (nSPS) is 24.8. The van der Waals surface area contributed by atoms with E-state index >= 15 is 0 Å². The molecule has 1 aromatic carbocycles. The average molecular weight is 284 g/mol. The molecule has 100 valence electrons. The van der Waals surface area contributed by atoms with E-state index in [0.29, 0.717) is 17.5 Å². The Balaban J connectivity index is 1.97. The average Bonchev–Trinajstić information content (AvgIpc) is 2.27. The van der Waals surface area contributed by atoms with Crippen LogP contribution in [0.2, 0.25) is 5.02 Å². The summed E-state index contributed by atoms with van der Waals surface area (Å²) in [5.74, 6) is 2.49. The van der Waals surface area contributed by atoms with Crippen LogP contribution < -0.4 is 5.32 Å². The molecule has 0 saturated carbocycles. The summed E-state index contributed by atoms with van der Waals surface area (Å²) < 4.78 is 0. The van der Waals surface area contributed by atoms with Crippen molar-refractivity contribution in [2.45, 2.75) is 39.3 Å². The molecule has 1 saturated heterocycles. The molecule has 2 atom stereocenters. The van der Waals surface area contributed by atoms with E-state index in [1.807, 2.05) is 12.1 Å². The van der Waals surface area contributed by atoms with Crippen molar-refractivity contribution in [1.29, 1.82) is 0 Å². The minimum atomic E-state index is 0.364. The molecule has 1 N–H and O–H groups in total. The summed E-state index contributed by atoms with van der Waals surface area (Å²) in [6.07, 6.45) is 1.25. The van der Waals surface area contributed by atoms with Gasteiger partial charge >= 0.3 is 0 Å². The van der Waals surface area contributed by atoms with Crippen molar-refractivity contribution >= 4 is 23.4 Å². The Morgan fingerprint density at radius 2 is 2.22 bits per heavy atom. The summed E-state index contributed by atoms with van der Waals surface area (Å²) in [6.45, 7) is 6.94. The summed E-state index contributed by atoms with van der Waals surface area (Å²) in [5, 5.41) is 4.56. The standard InChI is InChI=1S/C15H22ClNS/c1-11(12-5-4-6-13(16)7-12)17-14-8-15(2,3)10-18-9-14/h4-7,11,14,17H,8-10H2,1-3H3/t11-,14?/m0/s1. The number of hydrogen-bond acceptors (Lipinski definition) is 2. The molecule has 1 nitrogen and oxygen atoms in total. The lowest BCUT2D eigenvalue weighted by Gasteiger charge is -2.36. The van der Waals surface area contributed by atoms with Crippen molar-refractivity contribution in [3.05, 3.63) is 34.9 Å². The van der Waals surface area contributed by atoms with Gasteiger partial charge in [-0.15, -0.1) is 0 Å². The first-order chi connectivity index (χ1) is 8.46. The van der Waals surface area contributed by atoms with E-state index in [4.69, 9.17) is 11.6 Å². The molecule has 1 aliphatic heterocycles. The van der Waals surface area contributed by atoms with Gasteiger partial charge in [0.2, 0.25) is 0 Å². The minimum absolute atomic E-state index is 0.364. The van der Waals surface area contributed by atoms with Gasteiger partial charge in [0, 0.05) is 22.9 Å². The van der Waals surface area contributed by atoms with Gasteiger partial charge in [-0.25, -0.2) is 0 Å². The molecule has 0 aliphatic carbocycles. The summed E-state index contributed by atoms with van der Waals surface area (Å²) in [5.41, 5.74) is 1.73. The lowest BCUT2D eigenvalue weighted by molar-refractivity contribution is 0.305. The van der Waals surface area contributed by atoms with Crippen LogP contribution in [0.3, 0.4) is 0 Å². The highest BCUT2D eigenvalue weighted by molar-refractivity contribution is 7.99. The van der Waals surface area contributed by atoms with Crippen LogP contribution in [0.5, 0.6) is 0 Å². The molecular formula is C15H22ClNS. The highest BCUT2D eigenvalue weighted by Gasteiger charge is 2.29. The Morgan fingerprint density at radius 1 is 1.44 bits per heavy atom. The molecule has 1 fully saturated rings. The molecule has 2 rings (SSSR count). The van der Waals surface area contributed by atoms with Gasteiger partial charge in [0.1, 0.15) is 0 Å². The highest BCUT2D eigenvalue weighted by atomic mass is 35.5. The van der Waals surface area contributed by atoms with Crippen molar-refractivity contribution in [1.82, 2.24) is 5.32 Å². The van der Waals surface area contributed by atoms with E-state index in [0.717, 1.165) is 5.02 Å². The molecule has 0 radical (unpaired) electrons. The quantitative estimate of drug-likeness (QED) is 0.875. The molecule has 3 heteroatoms. The molecule has 0 amide bonds. The number of rotatable bonds is 3. The molecule has 18 heavy (non-hydrogen) atoms. The molecule has 1 aliphatic rings. The van der Waals surface area contributed by atoms with Crippen LogP contribution in [0.1, 0.15) is 38.8 Å². The van der Waals surface area contributed by atoms with Gasteiger partial charge in [0.05, 0.1) is 0 Å². The van der Waals surface area contributed by atoms with Crippen LogP contribution in [-0.2, 0) is 0 Å². The van der Waals surface area contributed by atoms with Gasteiger partial charge in [-0.05, 0) is 42.2 Å². The zero-order valence-corrected chi connectivity index (χ0v) is 12.9. The van der Waals surface area contributed by atoms with Gasteiger partial charge in [0.25, 0.3) is 0 Å². The van der Waals surface area contributed by atoms with Crippen molar-refractivity contribution < 1.29 is 0 Å². The zero-order chi connectivity index (χ0) is 13.2. The monoisotopic (exact) mass is 283 g/mol. The molecule has 0 aromatic heterocycles. The van der Waals surface area contributed by atoms with E-state index in [9.17, 15) is 0 Å². The topological polar surface area (TPSA) is 12.0 Å². The summed E-state index contributed by atoms with van der Waals surface area (Å²) in [7, 11) is 0. The van der Waals surface area contributed by atoms with Crippen molar-refractivity contribution in [2.24, 2.45) is 5.41 Å². The Labute approximate surface area is 120 Å². The van der Waals surface area contributed by atoms with Gasteiger partial charge < -0.3 is 5.32 Å². The van der Waals surface area contributed by atoms with E-state index in [-0.39, 0.29) is 0 Å². The van der Waals surface area contributed by atoms with Crippen molar-refractivity contribution in [2.75, 3.05) is 11.5 Å². The fourth-order valence-electron chi connectivity index (χ4n) is 2.60. The van der Waals surface area contributed by atoms with Crippen LogP contribution in [0.25, 0.3) is 0 Å². The van der Waals surface area contributed by atoms with Crippen molar-refractivity contribution in [3.63, 3.8) is 0 Å². The molecular weight excluding hydrogens is 262 g/mol. The number of nitrogens with one attached hydrogen (secondary N) is 1. The van der Waals surface area contributed by atoms with Crippen LogP contribution >= 0.6 is 23.4 Å². The third-order valence-electron chi connectivity index (χ3n) is 3.45. The summed E-state index contributed by atoms with van der Waals surface area (Å²) in [4.78, 5) is 0. The van der Waals surface area contributed by atoms with Crippen LogP contribution in [0.15, 0.2) is 24.3 Å². The zero-order valence-electron chi connectivity index (χ0n) is 11.4. The van der Waals surface area contributed by atoms with E-state index in [2.05, 4.69) is 50.0 Å². The first-order valence-electron chi connectivity index (χ1n) is 6.55. The SMILES string of the molecule is C[C@H](NC1CSCC(C)(C)C1)c1cccc(Cl)c1. The Kier molecular flexibility index (Phi) is 4.63. The lowest BCUT2D eigenvalue weighted by Crippen LogP contribution is -2.41. The predicted molar refractivity (Wildman–Crippen MR) is 82.5 cm³/mol. The third-order valence-corrected chi connectivity index (χ3v) is 5.30. The number of thioether (sulfide) groups is 1. The fraction of sp³-hybridized carbons (Fsp3) is 0.600. The number of hydrogen-bond donors (Lipinski definition) is 1. The fourth-order valence-corrected chi connectivity index (χ4v) is 4.08. The maximum Gasteiger partial charge on any atom is 0.0409 e. The van der Waals surface area contributed by atoms with Gasteiger partial charge in [-0.2, -0.15) is 11.8 Å². The Morgan fingerprint density at radius 3 is 2.89 bits per heavy atom. The summed E-state index contributed by atoms with van der Waals surface area (Å²) >= 11 is 8.11. The van der Waals surface area contributed by atoms with Gasteiger partial charge in [-0.3, -0.25) is 0 Å². The number of benzene rings is 1. The molecule has 1 aromatic rings. The van der Waals surface area contributed by atoms with Crippen molar-refractivity contribution in [3.8, 4) is 0 Å². The minimum Gasteiger partial charge on any atom is -0.307 e. The van der Waals surface area contributed by atoms with E-state index in [1.165, 1.54) is 23.5 Å². The van der Waals surface area contributed by atoms with Crippen LogP contribution in [0.4, 0.5) is 0 Å². The highest BCUT2D eigenvalue weighted by Crippen LogP contribution is 2.34. The second-order valence-electron chi connectivity index (χ2n) is 6.02. The predicted octanol–water partition coefficient (Wildman–Crippen LogP) is 4.52. The smallest absolute Gasteiger partial charge is 0.0409 e. The maximum atomic E-state index is 6.05. The molecule has 0 spiro atoms. The first kappa shape index (κ1) is 14.2. The third kappa shape index (κ3) is 3.91. The Hall–Kier alpha value is -0.180. The van der Waals surface area contributed by atoms with Crippen LogP contribution in [0, 0.1) is 5.41 Å². The molecule has 1 unspecified atom stereocenters.